The number of halogens is 1. The van der Waals surface area contributed by atoms with Gasteiger partial charge >= 0.3 is 0 Å². The van der Waals surface area contributed by atoms with E-state index in [-0.39, 0.29) is 5.56 Å². The van der Waals surface area contributed by atoms with E-state index in [1.54, 1.807) is 16.9 Å². The van der Waals surface area contributed by atoms with Gasteiger partial charge in [-0.3, -0.25) is 0 Å². The van der Waals surface area contributed by atoms with E-state index in [1.807, 2.05) is 19.1 Å². The SMILES string of the molecule is Cc1ccn(-c2cc(F)cc(C#N)c2)n1. The van der Waals surface area contributed by atoms with Crippen LogP contribution in [0.4, 0.5) is 4.39 Å². The van der Waals surface area contributed by atoms with Crippen molar-refractivity contribution in [2.45, 2.75) is 6.92 Å². The predicted molar refractivity (Wildman–Crippen MR) is 53.0 cm³/mol. The van der Waals surface area contributed by atoms with E-state index in [9.17, 15) is 4.39 Å². The van der Waals surface area contributed by atoms with Crippen LogP contribution in [0.15, 0.2) is 30.5 Å². The number of hydrogen-bond donors (Lipinski definition) is 0. The molecule has 0 spiro atoms. The lowest BCUT2D eigenvalue weighted by atomic mass is 10.2. The smallest absolute Gasteiger partial charge is 0.126 e. The number of nitriles is 1. The minimum absolute atomic E-state index is 0.290. The monoisotopic (exact) mass is 201 g/mol. The normalized spacial score (nSPS) is 9.93. The summed E-state index contributed by atoms with van der Waals surface area (Å²) in [6, 6.07) is 7.85. The van der Waals surface area contributed by atoms with Crippen LogP contribution >= 0.6 is 0 Å². The number of nitrogens with zero attached hydrogens (tertiary/aromatic N) is 3. The zero-order valence-electron chi connectivity index (χ0n) is 8.11. The Balaban J connectivity index is 2.54. The van der Waals surface area contributed by atoms with Crippen molar-refractivity contribution in [1.82, 2.24) is 9.78 Å². The van der Waals surface area contributed by atoms with Gasteiger partial charge in [-0.25, -0.2) is 9.07 Å². The van der Waals surface area contributed by atoms with Crippen LogP contribution in [0.5, 0.6) is 0 Å². The van der Waals surface area contributed by atoms with Crippen LogP contribution < -0.4 is 0 Å². The van der Waals surface area contributed by atoms with Crippen LogP contribution in [-0.2, 0) is 0 Å². The van der Waals surface area contributed by atoms with Crippen LogP contribution in [-0.4, -0.2) is 9.78 Å². The molecule has 0 unspecified atom stereocenters. The molecule has 0 aliphatic heterocycles. The van der Waals surface area contributed by atoms with Crippen molar-refractivity contribution < 1.29 is 4.39 Å². The Labute approximate surface area is 86.4 Å². The van der Waals surface area contributed by atoms with E-state index in [1.165, 1.54) is 12.1 Å². The van der Waals surface area contributed by atoms with Crippen LogP contribution in [0, 0.1) is 24.1 Å². The van der Waals surface area contributed by atoms with E-state index < -0.39 is 5.82 Å². The molecular formula is C11H8FN3. The van der Waals surface area contributed by atoms with E-state index >= 15 is 0 Å². The van der Waals surface area contributed by atoms with Gasteiger partial charge in [0, 0.05) is 6.20 Å². The van der Waals surface area contributed by atoms with Crippen molar-refractivity contribution in [3.8, 4) is 11.8 Å². The summed E-state index contributed by atoms with van der Waals surface area (Å²) in [5.74, 6) is -0.433. The Morgan fingerprint density at radius 1 is 1.40 bits per heavy atom. The molecular weight excluding hydrogens is 193 g/mol. The summed E-state index contributed by atoms with van der Waals surface area (Å²) < 4.78 is 14.7. The molecule has 15 heavy (non-hydrogen) atoms. The Hall–Kier alpha value is -2.15. The van der Waals surface area contributed by atoms with Crippen molar-refractivity contribution in [3.05, 3.63) is 47.5 Å². The largest absolute Gasteiger partial charge is 0.241 e. The quantitative estimate of drug-likeness (QED) is 0.709. The minimum Gasteiger partial charge on any atom is -0.241 e. The molecule has 3 nitrogen and oxygen atoms in total. The van der Waals surface area contributed by atoms with Crippen LogP contribution in [0.3, 0.4) is 0 Å². The van der Waals surface area contributed by atoms with Crippen molar-refractivity contribution in [1.29, 1.82) is 5.26 Å². The molecule has 2 rings (SSSR count). The molecule has 0 fully saturated rings. The highest BCUT2D eigenvalue weighted by Gasteiger charge is 2.03. The molecule has 0 bridgehead atoms. The molecule has 0 aliphatic carbocycles. The molecule has 0 saturated heterocycles. The molecule has 1 heterocycles. The Bertz CT molecular complexity index is 537. The first-order valence-corrected chi connectivity index (χ1v) is 4.42. The van der Waals surface area contributed by atoms with Gasteiger partial charge in [0.15, 0.2) is 0 Å². The molecule has 0 N–H and O–H groups in total. The lowest BCUT2D eigenvalue weighted by molar-refractivity contribution is 0.625. The average molecular weight is 201 g/mol. The fourth-order valence-corrected chi connectivity index (χ4v) is 1.33. The zero-order valence-corrected chi connectivity index (χ0v) is 8.11. The van der Waals surface area contributed by atoms with Gasteiger partial charge in [-0.2, -0.15) is 10.4 Å². The maximum absolute atomic E-state index is 13.1. The van der Waals surface area contributed by atoms with Gasteiger partial charge in [-0.1, -0.05) is 0 Å². The van der Waals surface area contributed by atoms with Crippen LogP contribution in [0.2, 0.25) is 0 Å². The highest BCUT2D eigenvalue weighted by Crippen LogP contribution is 2.12. The van der Waals surface area contributed by atoms with Crippen molar-refractivity contribution in [3.63, 3.8) is 0 Å². The maximum Gasteiger partial charge on any atom is 0.126 e. The zero-order chi connectivity index (χ0) is 10.8. The second kappa shape index (κ2) is 3.54. The Morgan fingerprint density at radius 3 is 2.80 bits per heavy atom. The highest BCUT2D eigenvalue weighted by atomic mass is 19.1. The lowest BCUT2D eigenvalue weighted by Crippen LogP contribution is -1.96. The van der Waals surface area contributed by atoms with E-state index in [0.717, 1.165) is 5.69 Å². The molecule has 0 radical (unpaired) electrons. The third-order valence-corrected chi connectivity index (χ3v) is 2.00. The van der Waals surface area contributed by atoms with Gasteiger partial charge in [0.1, 0.15) is 5.82 Å². The number of aryl methyl sites for hydroxylation is 1. The minimum atomic E-state index is -0.433. The maximum atomic E-state index is 13.1. The molecule has 4 heteroatoms. The summed E-state index contributed by atoms with van der Waals surface area (Å²) in [6.45, 7) is 1.85. The number of benzene rings is 1. The topological polar surface area (TPSA) is 41.6 Å². The summed E-state index contributed by atoms with van der Waals surface area (Å²) in [5.41, 5.74) is 1.69. The average Bonchev–Trinajstić information content (AvgIpc) is 2.64. The fourth-order valence-electron chi connectivity index (χ4n) is 1.33. The summed E-state index contributed by atoms with van der Waals surface area (Å²) >= 11 is 0. The predicted octanol–water partition coefficient (Wildman–Crippen LogP) is 2.19. The first-order chi connectivity index (χ1) is 7.19. The molecule has 0 amide bonds. The van der Waals surface area contributed by atoms with Gasteiger partial charge in [-0.15, -0.1) is 0 Å². The summed E-state index contributed by atoms with van der Waals surface area (Å²) in [6.07, 6.45) is 1.73. The van der Waals surface area contributed by atoms with Crippen molar-refractivity contribution in [2.24, 2.45) is 0 Å². The molecule has 0 saturated carbocycles. The first kappa shape index (κ1) is 9.41. The summed E-state index contributed by atoms with van der Waals surface area (Å²) in [5, 5.41) is 12.8. The third-order valence-electron chi connectivity index (χ3n) is 2.00. The molecule has 0 aliphatic rings. The van der Waals surface area contributed by atoms with Crippen molar-refractivity contribution >= 4 is 0 Å². The second-order valence-electron chi connectivity index (χ2n) is 3.21. The van der Waals surface area contributed by atoms with E-state index in [0.29, 0.717) is 5.69 Å². The summed E-state index contributed by atoms with van der Waals surface area (Å²) in [4.78, 5) is 0. The van der Waals surface area contributed by atoms with Gasteiger partial charge in [0.25, 0.3) is 0 Å². The molecule has 2 aromatic rings. The first-order valence-electron chi connectivity index (χ1n) is 4.42. The standard InChI is InChI=1S/C11H8FN3/c1-8-2-3-15(14-8)11-5-9(7-13)4-10(12)6-11/h2-6H,1H3. The Morgan fingerprint density at radius 2 is 2.20 bits per heavy atom. The Kier molecular flexibility index (Phi) is 2.22. The molecule has 1 aromatic heterocycles. The van der Waals surface area contributed by atoms with Gasteiger partial charge < -0.3 is 0 Å². The van der Waals surface area contributed by atoms with E-state index in [4.69, 9.17) is 5.26 Å². The second-order valence-corrected chi connectivity index (χ2v) is 3.21. The van der Waals surface area contributed by atoms with E-state index in [2.05, 4.69) is 5.10 Å². The fraction of sp³-hybridized carbons (Fsp3) is 0.0909. The molecule has 0 atom stereocenters. The molecule has 74 valence electrons. The van der Waals surface area contributed by atoms with Crippen molar-refractivity contribution in [2.75, 3.05) is 0 Å². The number of rotatable bonds is 1. The van der Waals surface area contributed by atoms with Gasteiger partial charge in [0.2, 0.25) is 0 Å². The number of aromatic nitrogens is 2. The highest BCUT2D eigenvalue weighted by molar-refractivity contribution is 5.41. The lowest BCUT2D eigenvalue weighted by Gasteiger charge is -2.01. The molecule has 1 aromatic carbocycles. The van der Waals surface area contributed by atoms with Gasteiger partial charge in [0.05, 0.1) is 23.0 Å². The third kappa shape index (κ3) is 1.86. The van der Waals surface area contributed by atoms with Crippen LogP contribution in [0.25, 0.3) is 5.69 Å². The van der Waals surface area contributed by atoms with Gasteiger partial charge in [-0.05, 0) is 31.2 Å². The number of hydrogen-bond acceptors (Lipinski definition) is 2. The van der Waals surface area contributed by atoms with Crippen LogP contribution in [0.1, 0.15) is 11.3 Å². The summed E-state index contributed by atoms with van der Waals surface area (Å²) in [7, 11) is 0.